The third kappa shape index (κ3) is 6.00. The fourth-order valence-electron chi connectivity index (χ4n) is 6.16. The summed E-state index contributed by atoms with van der Waals surface area (Å²) in [5.74, 6) is 1.74. The van der Waals surface area contributed by atoms with Gasteiger partial charge in [0.2, 0.25) is 5.91 Å². The fraction of sp³-hybridized carbons (Fsp3) is 0.455. The molecule has 4 aromatic rings. The lowest BCUT2D eigenvalue weighted by atomic mass is 9.96. The number of fused-ring (bicyclic) bond motifs is 1. The molecule has 2 fully saturated rings. The van der Waals surface area contributed by atoms with Crippen LogP contribution in [0.1, 0.15) is 64.0 Å². The zero-order chi connectivity index (χ0) is 31.2. The molecule has 10 nitrogen and oxygen atoms in total. The van der Waals surface area contributed by atoms with E-state index in [0.29, 0.717) is 48.3 Å². The summed E-state index contributed by atoms with van der Waals surface area (Å²) in [5.41, 5.74) is 3.51. The molecule has 44 heavy (non-hydrogen) atoms. The maximum Gasteiger partial charge on any atom is 0.410 e. The van der Waals surface area contributed by atoms with Crippen molar-refractivity contribution in [1.82, 2.24) is 19.6 Å². The van der Waals surface area contributed by atoms with Crippen LogP contribution in [-0.4, -0.2) is 57.4 Å². The molecule has 0 spiro atoms. The van der Waals surface area contributed by atoms with E-state index in [4.69, 9.17) is 30.6 Å². The lowest BCUT2D eigenvalue weighted by molar-refractivity contribution is -0.117. The van der Waals surface area contributed by atoms with Crippen LogP contribution in [0.5, 0.6) is 5.75 Å². The number of imidazole rings is 1. The van der Waals surface area contributed by atoms with Crippen LogP contribution >= 0.6 is 11.6 Å². The van der Waals surface area contributed by atoms with Crippen molar-refractivity contribution in [3.8, 4) is 17.0 Å². The number of hydrogen-bond acceptors (Lipinski definition) is 7. The summed E-state index contributed by atoms with van der Waals surface area (Å²) in [7, 11) is 1.57. The highest BCUT2D eigenvalue weighted by Gasteiger charge is 2.37. The van der Waals surface area contributed by atoms with Crippen LogP contribution in [-0.2, 0) is 16.1 Å². The van der Waals surface area contributed by atoms with E-state index in [1.807, 2.05) is 50.8 Å². The zero-order valence-corrected chi connectivity index (χ0v) is 26.6. The second-order valence-corrected chi connectivity index (χ2v) is 13.1. The number of nitrogens with zero attached hydrogens (tertiary/aromatic N) is 5. The number of rotatable bonds is 6. The number of carbonyl (C=O) groups is 2. The minimum atomic E-state index is -0.525. The van der Waals surface area contributed by atoms with Gasteiger partial charge in [-0.25, -0.2) is 9.78 Å². The number of hydrogen-bond donors (Lipinski definition) is 0. The van der Waals surface area contributed by atoms with Gasteiger partial charge in [-0.2, -0.15) is 0 Å². The first-order valence-corrected chi connectivity index (χ1v) is 15.5. The van der Waals surface area contributed by atoms with Gasteiger partial charge in [-0.3, -0.25) is 4.79 Å². The number of benzene rings is 2. The number of aromatic nitrogens is 3. The maximum absolute atomic E-state index is 13.3. The quantitative estimate of drug-likeness (QED) is 0.225. The normalized spacial score (nSPS) is 18.0. The molecule has 0 aliphatic carbocycles. The third-order valence-electron chi connectivity index (χ3n) is 8.40. The predicted octanol–water partition coefficient (Wildman–Crippen LogP) is 7.18. The van der Waals surface area contributed by atoms with Crippen LogP contribution in [0.25, 0.3) is 22.2 Å². The minimum Gasteiger partial charge on any atom is -0.495 e. The summed E-state index contributed by atoms with van der Waals surface area (Å²) in [6, 6.07) is 11.1. The Morgan fingerprint density at radius 2 is 1.89 bits per heavy atom. The molecule has 2 aliphatic heterocycles. The van der Waals surface area contributed by atoms with Gasteiger partial charge < -0.3 is 28.4 Å². The van der Waals surface area contributed by atoms with E-state index in [9.17, 15) is 9.59 Å². The summed E-state index contributed by atoms with van der Waals surface area (Å²) in [6.45, 7) is 9.57. The van der Waals surface area contributed by atoms with Crippen molar-refractivity contribution in [2.75, 3.05) is 25.1 Å². The van der Waals surface area contributed by atoms with E-state index in [1.54, 1.807) is 24.1 Å². The van der Waals surface area contributed by atoms with Gasteiger partial charge in [-0.1, -0.05) is 16.8 Å². The molecular formula is C33H38ClN5O5. The highest BCUT2D eigenvalue weighted by atomic mass is 35.5. The second-order valence-electron chi connectivity index (χ2n) is 12.7. The number of ether oxygens (including phenoxy) is 2. The lowest BCUT2D eigenvalue weighted by Gasteiger charge is -2.34. The summed E-state index contributed by atoms with van der Waals surface area (Å²) >= 11 is 6.48. The van der Waals surface area contributed by atoms with Crippen molar-refractivity contribution in [1.29, 1.82) is 0 Å². The number of anilines is 1. The molecule has 2 aromatic heterocycles. The molecule has 232 valence electrons. The summed E-state index contributed by atoms with van der Waals surface area (Å²) in [4.78, 5) is 34.7. The van der Waals surface area contributed by atoms with Crippen molar-refractivity contribution in [3.63, 3.8) is 0 Å². The Kier molecular flexibility index (Phi) is 8.04. The Hall–Kier alpha value is -4.05. The molecule has 0 saturated carbocycles. The summed E-state index contributed by atoms with van der Waals surface area (Å²) < 4.78 is 18.6. The van der Waals surface area contributed by atoms with Crippen molar-refractivity contribution < 1.29 is 23.6 Å². The van der Waals surface area contributed by atoms with Crippen molar-refractivity contribution >= 4 is 40.3 Å². The first-order chi connectivity index (χ1) is 21.0. The maximum atomic E-state index is 13.3. The monoisotopic (exact) mass is 619 g/mol. The topological polar surface area (TPSA) is 103 Å². The second kappa shape index (κ2) is 11.8. The first-order valence-electron chi connectivity index (χ1n) is 15.1. The van der Waals surface area contributed by atoms with Gasteiger partial charge in [0.15, 0.2) is 5.58 Å². The third-order valence-corrected chi connectivity index (χ3v) is 8.69. The Bertz CT molecular complexity index is 1700. The Balaban J connectivity index is 1.32. The van der Waals surface area contributed by atoms with Gasteiger partial charge in [0.25, 0.3) is 0 Å². The van der Waals surface area contributed by atoms with Gasteiger partial charge in [-0.15, -0.1) is 0 Å². The van der Waals surface area contributed by atoms with Crippen LogP contribution < -0.4 is 9.64 Å². The van der Waals surface area contributed by atoms with Crippen molar-refractivity contribution in [2.45, 2.75) is 71.6 Å². The molecule has 11 heteroatoms. The molecule has 2 amide bonds. The van der Waals surface area contributed by atoms with Crippen LogP contribution in [0.2, 0.25) is 5.02 Å². The Labute approximate surface area is 261 Å². The molecule has 0 bridgehead atoms. The average molecular weight is 620 g/mol. The molecule has 4 heterocycles. The van der Waals surface area contributed by atoms with Gasteiger partial charge in [0.1, 0.15) is 17.2 Å². The van der Waals surface area contributed by atoms with Crippen LogP contribution in [0, 0.1) is 12.8 Å². The molecule has 6 rings (SSSR count). The molecule has 2 aliphatic rings. The average Bonchev–Trinajstić information content (AvgIpc) is 3.69. The van der Waals surface area contributed by atoms with Gasteiger partial charge in [0, 0.05) is 48.9 Å². The van der Waals surface area contributed by atoms with Gasteiger partial charge in [-0.05, 0) is 89.3 Å². The van der Waals surface area contributed by atoms with E-state index in [1.165, 1.54) is 0 Å². The first kappa shape index (κ1) is 30.0. The molecule has 2 aromatic carbocycles. The van der Waals surface area contributed by atoms with Crippen LogP contribution in [0.4, 0.5) is 10.5 Å². The Morgan fingerprint density at radius 3 is 2.59 bits per heavy atom. The van der Waals surface area contributed by atoms with Crippen molar-refractivity contribution in [2.24, 2.45) is 5.92 Å². The van der Waals surface area contributed by atoms with E-state index < -0.39 is 5.60 Å². The molecule has 0 radical (unpaired) electrons. The molecule has 2 saturated heterocycles. The standard InChI is InChI=1S/C33H38ClN5O5/c1-20-24-16-22(6-9-28(24)44-36-20)26-19-38(18-21-12-14-37(15-13-21)32(41)43-33(2,3)4)31(35-26)27-8-11-30(40)39(27)23-7-10-29(42-5)25(34)17-23/h6-7,9-10,16-17,19,21,27H,8,11-15,18H2,1-5H3/t27-/m0/s1. The van der Waals surface area contributed by atoms with Gasteiger partial charge >= 0.3 is 6.09 Å². The van der Waals surface area contributed by atoms with Crippen molar-refractivity contribution in [3.05, 3.63) is 59.1 Å². The number of aryl methyl sites for hydroxylation is 1. The smallest absolute Gasteiger partial charge is 0.410 e. The zero-order valence-electron chi connectivity index (χ0n) is 25.8. The summed E-state index contributed by atoms with van der Waals surface area (Å²) in [6.07, 6.45) is 4.57. The van der Waals surface area contributed by atoms with E-state index in [2.05, 4.69) is 22.0 Å². The largest absolute Gasteiger partial charge is 0.495 e. The lowest BCUT2D eigenvalue weighted by Crippen LogP contribution is -2.42. The molecule has 0 N–H and O–H groups in total. The number of amides is 2. The number of halogens is 1. The van der Waals surface area contributed by atoms with Gasteiger partial charge in [0.05, 0.1) is 29.6 Å². The molecule has 0 unspecified atom stereocenters. The minimum absolute atomic E-state index is 0.0273. The highest BCUT2D eigenvalue weighted by Crippen LogP contribution is 2.40. The Morgan fingerprint density at radius 1 is 1.11 bits per heavy atom. The fourth-order valence-corrected chi connectivity index (χ4v) is 6.41. The molecular weight excluding hydrogens is 582 g/mol. The molecule has 1 atom stereocenters. The van der Waals surface area contributed by atoms with E-state index >= 15 is 0 Å². The van der Waals surface area contributed by atoms with Crippen LogP contribution in [0.15, 0.2) is 47.1 Å². The predicted molar refractivity (Wildman–Crippen MR) is 168 cm³/mol. The van der Waals surface area contributed by atoms with E-state index in [0.717, 1.165) is 53.1 Å². The number of carbonyl (C=O) groups excluding carboxylic acids is 2. The van der Waals surface area contributed by atoms with Crippen LogP contribution in [0.3, 0.4) is 0 Å². The summed E-state index contributed by atoms with van der Waals surface area (Å²) in [5, 5.41) is 5.49. The van der Waals surface area contributed by atoms with E-state index in [-0.39, 0.29) is 18.0 Å². The SMILES string of the molecule is COc1ccc(N2C(=O)CC[C@H]2c2nc(-c3ccc4onc(C)c4c3)cn2CC2CCN(C(=O)OC(C)(C)C)CC2)cc1Cl. The number of likely N-dealkylation sites (tertiary alicyclic amines) is 1. The number of methoxy groups -OCH3 is 1. The number of piperidine rings is 1. The highest BCUT2D eigenvalue weighted by molar-refractivity contribution is 6.32.